The van der Waals surface area contributed by atoms with Crippen LogP contribution in [0.25, 0.3) is 11.0 Å². The molecule has 2 bridgehead atoms. The van der Waals surface area contributed by atoms with Crippen molar-refractivity contribution in [1.82, 2.24) is 20.8 Å². The molecule has 7 heteroatoms. The van der Waals surface area contributed by atoms with Crippen LogP contribution in [0.4, 0.5) is 0 Å². The Morgan fingerprint density at radius 2 is 1.45 bits per heavy atom. The van der Waals surface area contributed by atoms with E-state index < -0.39 is 16.7 Å². The predicted molar refractivity (Wildman–Crippen MR) is 128 cm³/mol. The average molecular weight is 463 g/mol. The fraction of sp³-hybridized carbons (Fsp3) is 0.385. The third-order valence-electron chi connectivity index (χ3n) is 8.44. The molecule has 1 aromatic heterocycles. The third-order valence-corrected chi connectivity index (χ3v) is 8.69. The number of carbonyl (C=O) groups is 2. The van der Waals surface area contributed by atoms with Gasteiger partial charge in [0.2, 0.25) is 0 Å². The van der Waals surface area contributed by atoms with Gasteiger partial charge in [0.1, 0.15) is 5.41 Å². The number of nitrogens with zero attached hydrogens (tertiary/aromatic N) is 2. The van der Waals surface area contributed by atoms with Crippen molar-refractivity contribution in [2.75, 3.05) is 0 Å². The number of amides is 2. The molecule has 2 unspecified atom stereocenters. The maximum Gasteiger partial charge on any atom is 0.269 e. The highest BCUT2D eigenvalue weighted by atomic mass is 35.5. The topological polar surface area (TPSA) is 84.0 Å². The van der Waals surface area contributed by atoms with Gasteiger partial charge in [-0.1, -0.05) is 32.4 Å². The lowest BCUT2D eigenvalue weighted by Crippen LogP contribution is -2.55. The molecular formula is C26H27ClN4O2. The number of aryl methyl sites for hydroxylation is 2. The van der Waals surface area contributed by atoms with Crippen LogP contribution in [0, 0.1) is 19.3 Å². The molecule has 170 valence electrons. The molecule has 2 aromatic carbocycles. The second kappa shape index (κ2) is 7.00. The summed E-state index contributed by atoms with van der Waals surface area (Å²) in [6.07, 6.45) is 1.48. The van der Waals surface area contributed by atoms with Gasteiger partial charge in [0.15, 0.2) is 0 Å². The highest BCUT2D eigenvalue weighted by molar-refractivity contribution is 6.30. The standard InChI is InChI=1S/C26H27ClN4O2/c1-14-12-18-19(13-15(14)2)29-21-20(28-18)25(5)10-11-26(21,24(25,3)4)23(33)31-30-22(32)16-6-8-17(27)9-7-16/h6-9,12-13H,10-11H2,1-5H3,(H,30,32)(H,31,33). The minimum absolute atomic E-state index is 0.255. The molecule has 0 spiro atoms. The second-order valence-electron chi connectivity index (χ2n) is 10.1. The fourth-order valence-electron chi connectivity index (χ4n) is 5.75. The van der Waals surface area contributed by atoms with Gasteiger partial charge in [0, 0.05) is 16.0 Å². The van der Waals surface area contributed by atoms with E-state index in [1.165, 1.54) is 5.56 Å². The van der Waals surface area contributed by atoms with Gasteiger partial charge in [-0.3, -0.25) is 20.4 Å². The van der Waals surface area contributed by atoms with Crippen LogP contribution >= 0.6 is 11.6 Å². The number of carbonyl (C=O) groups excluding carboxylic acids is 2. The molecule has 2 amide bonds. The Bertz CT molecular complexity index is 1330. The van der Waals surface area contributed by atoms with Crippen LogP contribution in [0.5, 0.6) is 0 Å². The van der Waals surface area contributed by atoms with Crippen LogP contribution in [0.15, 0.2) is 36.4 Å². The van der Waals surface area contributed by atoms with E-state index in [0.29, 0.717) is 17.0 Å². The maximum atomic E-state index is 13.8. The largest absolute Gasteiger partial charge is 0.272 e. The molecular weight excluding hydrogens is 436 g/mol. The first kappa shape index (κ1) is 21.8. The lowest BCUT2D eigenvalue weighted by Gasteiger charge is -2.39. The van der Waals surface area contributed by atoms with Crippen LogP contribution in [0.1, 0.15) is 66.5 Å². The van der Waals surface area contributed by atoms with E-state index in [0.717, 1.165) is 34.4 Å². The monoisotopic (exact) mass is 462 g/mol. The summed E-state index contributed by atoms with van der Waals surface area (Å²) in [6, 6.07) is 10.6. The van der Waals surface area contributed by atoms with Crippen molar-refractivity contribution in [3.8, 4) is 0 Å². The van der Waals surface area contributed by atoms with E-state index in [-0.39, 0.29) is 11.3 Å². The van der Waals surface area contributed by atoms with E-state index in [9.17, 15) is 9.59 Å². The first-order chi connectivity index (χ1) is 15.5. The quantitative estimate of drug-likeness (QED) is 0.541. The van der Waals surface area contributed by atoms with Gasteiger partial charge in [0.25, 0.3) is 11.8 Å². The lowest BCUT2D eigenvalue weighted by atomic mass is 9.63. The Hall–Kier alpha value is -2.99. The molecule has 2 aliphatic carbocycles. The molecule has 1 fully saturated rings. The molecule has 33 heavy (non-hydrogen) atoms. The highest BCUT2D eigenvalue weighted by Gasteiger charge is 2.73. The second-order valence-corrected chi connectivity index (χ2v) is 10.6. The zero-order valence-electron chi connectivity index (χ0n) is 19.5. The van der Waals surface area contributed by atoms with Gasteiger partial charge in [-0.2, -0.15) is 0 Å². The number of hydrogen-bond acceptors (Lipinski definition) is 4. The summed E-state index contributed by atoms with van der Waals surface area (Å²) in [5.41, 5.74) is 9.66. The Kier molecular flexibility index (Phi) is 4.63. The molecule has 5 rings (SSSR count). The third kappa shape index (κ3) is 2.80. The van der Waals surface area contributed by atoms with Crippen molar-refractivity contribution >= 4 is 34.4 Å². The zero-order valence-corrected chi connectivity index (χ0v) is 20.2. The van der Waals surface area contributed by atoms with Gasteiger partial charge in [-0.15, -0.1) is 0 Å². The van der Waals surface area contributed by atoms with Crippen molar-refractivity contribution in [3.05, 3.63) is 69.5 Å². The predicted octanol–water partition coefficient (Wildman–Crippen LogP) is 4.69. The van der Waals surface area contributed by atoms with Gasteiger partial charge in [-0.05, 0) is 79.6 Å². The first-order valence-corrected chi connectivity index (χ1v) is 11.6. The molecule has 1 heterocycles. The molecule has 0 saturated heterocycles. The number of fused-ring (bicyclic) bond motifs is 6. The number of nitrogens with one attached hydrogen (secondary N) is 2. The van der Waals surface area contributed by atoms with E-state index in [2.05, 4.69) is 51.5 Å². The van der Waals surface area contributed by atoms with Crippen LogP contribution in [0.2, 0.25) is 5.02 Å². The average Bonchev–Trinajstić information content (AvgIpc) is 3.07. The molecule has 2 N–H and O–H groups in total. The molecule has 3 aromatic rings. The first-order valence-electron chi connectivity index (χ1n) is 11.2. The van der Waals surface area contributed by atoms with Crippen molar-refractivity contribution in [2.45, 2.75) is 58.3 Å². The summed E-state index contributed by atoms with van der Waals surface area (Å²) < 4.78 is 0. The molecule has 2 aliphatic rings. The lowest BCUT2D eigenvalue weighted by molar-refractivity contribution is -0.131. The molecule has 0 radical (unpaired) electrons. The summed E-state index contributed by atoms with van der Waals surface area (Å²) in [7, 11) is 0. The zero-order chi connectivity index (χ0) is 23.8. The van der Waals surface area contributed by atoms with Crippen LogP contribution < -0.4 is 10.9 Å². The Labute approximate surface area is 198 Å². The van der Waals surface area contributed by atoms with Crippen molar-refractivity contribution in [2.24, 2.45) is 5.41 Å². The van der Waals surface area contributed by atoms with Gasteiger partial charge in [0.05, 0.1) is 22.4 Å². The molecule has 0 aliphatic heterocycles. The Morgan fingerprint density at radius 3 is 2.06 bits per heavy atom. The van der Waals surface area contributed by atoms with Crippen LogP contribution in [-0.2, 0) is 15.6 Å². The normalized spacial score (nSPS) is 24.5. The minimum atomic E-state index is -0.885. The molecule has 6 nitrogen and oxygen atoms in total. The molecule has 2 atom stereocenters. The molecule has 1 saturated carbocycles. The summed E-state index contributed by atoms with van der Waals surface area (Å²) in [6.45, 7) is 10.5. The SMILES string of the molecule is Cc1cc2nc3c(nc2cc1C)C1(C(=O)NNC(=O)c2ccc(Cl)cc2)CCC3(C)C1(C)C. The minimum Gasteiger partial charge on any atom is -0.272 e. The van der Waals surface area contributed by atoms with Crippen molar-refractivity contribution < 1.29 is 9.59 Å². The number of hydrazine groups is 1. The van der Waals surface area contributed by atoms with Gasteiger partial charge >= 0.3 is 0 Å². The van der Waals surface area contributed by atoms with E-state index in [1.54, 1.807) is 24.3 Å². The summed E-state index contributed by atoms with van der Waals surface area (Å²) in [5.74, 6) is -0.654. The van der Waals surface area contributed by atoms with E-state index in [4.69, 9.17) is 21.6 Å². The highest BCUT2D eigenvalue weighted by Crippen LogP contribution is 2.70. The van der Waals surface area contributed by atoms with Gasteiger partial charge in [-0.25, -0.2) is 9.97 Å². The summed E-state index contributed by atoms with van der Waals surface area (Å²) in [5, 5.41) is 0.542. The fourth-order valence-corrected chi connectivity index (χ4v) is 5.88. The Morgan fingerprint density at radius 1 is 0.879 bits per heavy atom. The number of aromatic nitrogens is 2. The van der Waals surface area contributed by atoms with Crippen molar-refractivity contribution in [3.63, 3.8) is 0 Å². The number of rotatable bonds is 2. The number of hydrogen-bond donors (Lipinski definition) is 2. The number of benzene rings is 2. The number of halogens is 1. The van der Waals surface area contributed by atoms with Crippen LogP contribution in [0.3, 0.4) is 0 Å². The van der Waals surface area contributed by atoms with Gasteiger partial charge < -0.3 is 0 Å². The van der Waals surface area contributed by atoms with E-state index >= 15 is 0 Å². The summed E-state index contributed by atoms with van der Waals surface area (Å²) >= 11 is 5.91. The smallest absolute Gasteiger partial charge is 0.269 e. The van der Waals surface area contributed by atoms with Crippen molar-refractivity contribution in [1.29, 1.82) is 0 Å². The maximum absolute atomic E-state index is 13.8. The Balaban J connectivity index is 1.55. The summed E-state index contributed by atoms with van der Waals surface area (Å²) in [4.78, 5) is 36.4. The van der Waals surface area contributed by atoms with E-state index in [1.807, 2.05) is 6.07 Å². The van der Waals surface area contributed by atoms with Crippen LogP contribution in [-0.4, -0.2) is 21.8 Å².